The second kappa shape index (κ2) is 5.30. The minimum Gasteiger partial charge on any atom is -0.456 e. The van der Waals surface area contributed by atoms with Crippen LogP contribution in [0, 0.1) is 0 Å². The number of anilines is 2. The highest BCUT2D eigenvalue weighted by Crippen LogP contribution is 2.38. The van der Waals surface area contributed by atoms with E-state index < -0.39 is 11.9 Å². The van der Waals surface area contributed by atoms with Crippen LogP contribution in [0.4, 0.5) is 11.5 Å². The summed E-state index contributed by atoms with van der Waals surface area (Å²) >= 11 is 0. The molecule has 4 rings (SSSR count). The Morgan fingerprint density at radius 2 is 2.16 bits per heavy atom. The molecule has 6 N–H and O–H groups in total. The lowest BCUT2D eigenvalue weighted by Crippen LogP contribution is -2.31. The van der Waals surface area contributed by atoms with Gasteiger partial charge < -0.3 is 20.9 Å². The molecule has 0 radical (unpaired) electrons. The fourth-order valence-electron chi connectivity index (χ4n) is 2.88. The van der Waals surface area contributed by atoms with Gasteiger partial charge in [-0.3, -0.25) is 5.73 Å². The standard InChI is InChI=1S/C16H19N7O2/c1-16(2,6-24)23-14-11(13(17)19-7-20-14)12(22-23)8-3-4-10-9(5-8)21-15(18)25-10/h3-5,7,15,21,24H,6,18H2,1-2H3,(H2,17,19,20). The summed E-state index contributed by atoms with van der Waals surface area (Å²) in [6.07, 6.45) is 0.825. The van der Waals surface area contributed by atoms with Crippen molar-refractivity contribution in [1.29, 1.82) is 0 Å². The van der Waals surface area contributed by atoms with E-state index in [1.165, 1.54) is 6.33 Å². The fraction of sp³-hybridized carbons (Fsp3) is 0.312. The quantitative estimate of drug-likeness (QED) is 0.550. The SMILES string of the molecule is CC(C)(CO)n1nc(-c2ccc3c(c2)NC(N)O3)c2c(N)ncnc21. The molecule has 130 valence electrons. The summed E-state index contributed by atoms with van der Waals surface area (Å²) in [6.45, 7) is 3.65. The number of hydrogen-bond donors (Lipinski definition) is 4. The van der Waals surface area contributed by atoms with Gasteiger partial charge in [-0.15, -0.1) is 0 Å². The molecule has 0 fully saturated rings. The number of nitrogens with zero attached hydrogens (tertiary/aromatic N) is 4. The van der Waals surface area contributed by atoms with Crippen molar-refractivity contribution >= 4 is 22.5 Å². The van der Waals surface area contributed by atoms with E-state index in [4.69, 9.17) is 16.2 Å². The van der Waals surface area contributed by atoms with Crippen LogP contribution in [0.5, 0.6) is 5.75 Å². The number of fused-ring (bicyclic) bond motifs is 2. The van der Waals surface area contributed by atoms with E-state index in [-0.39, 0.29) is 6.61 Å². The molecule has 1 unspecified atom stereocenters. The van der Waals surface area contributed by atoms with Crippen molar-refractivity contribution in [3.05, 3.63) is 24.5 Å². The molecule has 1 aromatic carbocycles. The molecule has 1 atom stereocenters. The Morgan fingerprint density at radius 1 is 1.36 bits per heavy atom. The minimum absolute atomic E-state index is 0.0957. The average Bonchev–Trinajstić information content (AvgIpc) is 3.15. The molecule has 0 saturated heterocycles. The van der Waals surface area contributed by atoms with Gasteiger partial charge >= 0.3 is 0 Å². The average molecular weight is 341 g/mol. The third kappa shape index (κ3) is 2.36. The molecule has 0 bridgehead atoms. The Hall–Kier alpha value is -2.91. The lowest BCUT2D eigenvalue weighted by atomic mass is 10.1. The lowest BCUT2D eigenvalue weighted by Gasteiger charge is -2.22. The molecule has 0 aliphatic carbocycles. The maximum Gasteiger partial charge on any atom is 0.225 e. The summed E-state index contributed by atoms with van der Waals surface area (Å²) in [5.74, 6) is 1.02. The zero-order valence-electron chi connectivity index (χ0n) is 13.9. The smallest absolute Gasteiger partial charge is 0.225 e. The minimum atomic E-state index is -0.641. The monoisotopic (exact) mass is 341 g/mol. The molecule has 1 aliphatic heterocycles. The maximum absolute atomic E-state index is 9.74. The fourth-order valence-corrected chi connectivity index (χ4v) is 2.88. The number of ether oxygens (including phenoxy) is 1. The predicted molar refractivity (Wildman–Crippen MR) is 93.8 cm³/mol. The summed E-state index contributed by atoms with van der Waals surface area (Å²) in [4.78, 5) is 8.41. The van der Waals surface area contributed by atoms with E-state index in [0.717, 1.165) is 11.3 Å². The van der Waals surface area contributed by atoms with Crippen molar-refractivity contribution in [2.24, 2.45) is 5.73 Å². The van der Waals surface area contributed by atoms with E-state index in [2.05, 4.69) is 20.4 Å². The number of nitrogens with two attached hydrogens (primary N) is 2. The molecule has 3 heterocycles. The van der Waals surface area contributed by atoms with E-state index in [1.54, 1.807) is 4.68 Å². The molecule has 3 aromatic rings. The van der Waals surface area contributed by atoms with Crippen molar-refractivity contribution in [1.82, 2.24) is 19.7 Å². The van der Waals surface area contributed by atoms with E-state index >= 15 is 0 Å². The molecular weight excluding hydrogens is 322 g/mol. The predicted octanol–water partition coefficient (Wildman–Crippen LogP) is 0.849. The summed E-state index contributed by atoms with van der Waals surface area (Å²) < 4.78 is 7.12. The van der Waals surface area contributed by atoms with Crippen LogP contribution in [0.2, 0.25) is 0 Å². The van der Waals surface area contributed by atoms with Crippen LogP contribution in [0.15, 0.2) is 24.5 Å². The highest BCUT2D eigenvalue weighted by molar-refractivity contribution is 5.99. The van der Waals surface area contributed by atoms with Gasteiger partial charge in [0.15, 0.2) is 5.65 Å². The van der Waals surface area contributed by atoms with Crippen LogP contribution < -0.4 is 21.5 Å². The molecule has 9 heteroatoms. The second-order valence-electron chi connectivity index (χ2n) is 6.58. The van der Waals surface area contributed by atoms with Gasteiger partial charge in [0.25, 0.3) is 0 Å². The van der Waals surface area contributed by atoms with Crippen LogP contribution in [0.25, 0.3) is 22.3 Å². The first-order chi connectivity index (χ1) is 11.9. The number of aliphatic hydroxyl groups is 1. The number of nitrogens with one attached hydrogen (secondary N) is 1. The van der Waals surface area contributed by atoms with Crippen LogP contribution in [-0.2, 0) is 5.54 Å². The van der Waals surface area contributed by atoms with Crippen LogP contribution in [-0.4, -0.2) is 37.8 Å². The molecule has 25 heavy (non-hydrogen) atoms. The van der Waals surface area contributed by atoms with Crippen LogP contribution >= 0.6 is 0 Å². The van der Waals surface area contributed by atoms with Crippen LogP contribution in [0.3, 0.4) is 0 Å². The van der Waals surface area contributed by atoms with Gasteiger partial charge in [0, 0.05) is 5.56 Å². The number of benzene rings is 1. The molecular formula is C16H19N7O2. The zero-order valence-corrected chi connectivity index (χ0v) is 13.9. The van der Waals surface area contributed by atoms with Gasteiger partial charge in [-0.1, -0.05) is 0 Å². The lowest BCUT2D eigenvalue weighted by molar-refractivity contribution is 0.156. The Bertz CT molecular complexity index is 967. The van der Waals surface area contributed by atoms with Gasteiger partial charge in [0.2, 0.25) is 6.35 Å². The van der Waals surface area contributed by atoms with Crippen molar-refractivity contribution in [2.75, 3.05) is 17.7 Å². The number of aliphatic hydroxyl groups excluding tert-OH is 1. The van der Waals surface area contributed by atoms with Crippen molar-refractivity contribution in [3.8, 4) is 17.0 Å². The van der Waals surface area contributed by atoms with Gasteiger partial charge in [0.05, 0.1) is 23.2 Å². The third-order valence-corrected chi connectivity index (χ3v) is 4.26. The van der Waals surface area contributed by atoms with Crippen molar-refractivity contribution in [3.63, 3.8) is 0 Å². The van der Waals surface area contributed by atoms with Crippen molar-refractivity contribution in [2.45, 2.75) is 25.7 Å². The molecule has 9 nitrogen and oxygen atoms in total. The summed E-state index contributed by atoms with van der Waals surface area (Å²) in [7, 11) is 0. The number of hydrogen-bond acceptors (Lipinski definition) is 8. The Morgan fingerprint density at radius 3 is 2.92 bits per heavy atom. The van der Waals surface area contributed by atoms with Crippen molar-refractivity contribution < 1.29 is 9.84 Å². The topological polar surface area (TPSA) is 137 Å². The summed E-state index contributed by atoms with van der Waals surface area (Å²) in [6, 6.07) is 5.60. The molecule has 0 spiro atoms. The van der Waals surface area contributed by atoms with Gasteiger partial charge in [-0.2, -0.15) is 5.10 Å². The maximum atomic E-state index is 9.74. The first-order valence-electron chi connectivity index (χ1n) is 7.84. The summed E-state index contributed by atoms with van der Waals surface area (Å²) in [5, 5.41) is 18.1. The number of rotatable bonds is 3. The number of nitrogen functional groups attached to an aromatic ring is 1. The normalized spacial score (nSPS) is 16.6. The molecule has 0 saturated carbocycles. The van der Waals surface area contributed by atoms with Gasteiger partial charge in [0.1, 0.15) is 23.6 Å². The Kier molecular flexibility index (Phi) is 3.31. The zero-order chi connectivity index (χ0) is 17.8. The highest BCUT2D eigenvalue weighted by atomic mass is 16.5. The van der Waals surface area contributed by atoms with Gasteiger partial charge in [-0.25, -0.2) is 14.6 Å². The van der Waals surface area contributed by atoms with Crippen LogP contribution in [0.1, 0.15) is 13.8 Å². The largest absolute Gasteiger partial charge is 0.456 e. The Balaban J connectivity index is 1.96. The molecule has 2 aromatic heterocycles. The number of aromatic nitrogens is 4. The second-order valence-corrected chi connectivity index (χ2v) is 6.58. The first-order valence-corrected chi connectivity index (χ1v) is 7.84. The van der Waals surface area contributed by atoms with E-state index in [1.807, 2.05) is 32.0 Å². The highest BCUT2D eigenvalue weighted by Gasteiger charge is 2.28. The van der Waals surface area contributed by atoms with Gasteiger partial charge in [-0.05, 0) is 32.0 Å². The Labute approximate surface area is 143 Å². The van der Waals surface area contributed by atoms with E-state index in [0.29, 0.717) is 28.3 Å². The first kappa shape index (κ1) is 15.6. The molecule has 0 amide bonds. The third-order valence-electron chi connectivity index (χ3n) is 4.26. The summed E-state index contributed by atoms with van der Waals surface area (Å²) in [5.41, 5.74) is 14.0. The molecule has 1 aliphatic rings. The van der Waals surface area contributed by atoms with E-state index in [9.17, 15) is 5.11 Å².